The van der Waals surface area contributed by atoms with Gasteiger partial charge in [0.15, 0.2) is 35.4 Å². The van der Waals surface area contributed by atoms with Crippen molar-refractivity contribution in [2.75, 3.05) is 41.0 Å². The molecule has 0 unspecified atom stereocenters. The molecule has 7 nitrogen and oxygen atoms in total. The van der Waals surface area contributed by atoms with Crippen LogP contribution in [0.4, 0.5) is 0 Å². The molecule has 0 N–H and O–H groups in total. The van der Waals surface area contributed by atoms with Gasteiger partial charge in [0.1, 0.15) is 13.2 Å². The van der Waals surface area contributed by atoms with Gasteiger partial charge in [0.2, 0.25) is 0 Å². The highest BCUT2D eigenvalue weighted by Gasteiger charge is 2.15. The van der Waals surface area contributed by atoms with E-state index in [-0.39, 0.29) is 18.3 Å². The molecule has 1 aliphatic rings. The highest BCUT2D eigenvalue weighted by molar-refractivity contribution is 9.10. The maximum absolute atomic E-state index is 12.6. The molecule has 0 aliphatic carbocycles. The molecule has 0 radical (unpaired) electrons. The highest BCUT2D eigenvalue weighted by atomic mass is 79.9. The van der Waals surface area contributed by atoms with Crippen molar-refractivity contribution < 1.29 is 28.5 Å². The number of methoxy groups -OCH3 is 1. The van der Waals surface area contributed by atoms with Gasteiger partial charge in [-0.2, -0.15) is 0 Å². The third-order valence-electron chi connectivity index (χ3n) is 4.34. The van der Waals surface area contributed by atoms with Crippen molar-refractivity contribution in [1.82, 2.24) is 4.90 Å². The first-order valence-corrected chi connectivity index (χ1v) is 10.0. The summed E-state index contributed by atoms with van der Waals surface area (Å²) >= 11 is 3.44. The zero-order chi connectivity index (χ0) is 21.7. The number of amides is 1. The lowest BCUT2D eigenvalue weighted by atomic mass is 10.1. The van der Waals surface area contributed by atoms with Gasteiger partial charge < -0.3 is 23.8 Å². The molecule has 158 valence electrons. The van der Waals surface area contributed by atoms with Gasteiger partial charge in [-0.15, -0.1) is 0 Å². The molecule has 30 heavy (non-hydrogen) atoms. The zero-order valence-electron chi connectivity index (χ0n) is 16.9. The minimum Gasteiger partial charge on any atom is -0.493 e. The first kappa shape index (κ1) is 21.7. The number of likely N-dealkylation sites (N-methyl/N-ethyl adjacent to an activating group) is 1. The minimum absolute atomic E-state index is 0.111. The van der Waals surface area contributed by atoms with E-state index in [4.69, 9.17) is 18.9 Å². The second-order valence-electron chi connectivity index (χ2n) is 6.67. The number of halogens is 1. The average molecular weight is 476 g/mol. The summed E-state index contributed by atoms with van der Waals surface area (Å²) in [5.74, 6) is 1.74. The van der Waals surface area contributed by atoms with Crippen molar-refractivity contribution in [3.05, 3.63) is 52.0 Å². The Kier molecular flexibility index (Phi) is 6.99. The number of carbonyl (C=O) groups excluding carboxylic acids is 2. The third-order valence-corrected chi connectivity index (χ3v) is 4.93. The second kappa shape index (κ2) is 9.67. The van der Waals surface area contributed by atoms with Crippen molar-refractivity contribution in [3.63, 3.8) is 0 Å². The summed E-state index contributed by atoms with van der Waals surface area (Å²) in [5.41, 5.74) is 1.24. The molecule has 0 aromatic heterocycles. The summed E-state index contributed by atoms with van der Waals surface area (Å²) in [6.07, 6.45) is 3.16. The van der Waals surface area contributed by atoms with Crippen LogP contribution in [-0.2, 0) is 4.79 Å². The number of fused-ring (bicyclic) bond motifs is 1. The Morgan fingerprint density at radius 1 is 1.13 bits per heavy atom. The lowest BCUT2D eigenvalue weighted by Gasteiger charge is -2.18. The Morgan fingerprint density at radius 2 is 1.87 bits per heavy atom. The van der Waals surface area contributed by atoms with E-state index in [1.165, 1.54) is 18.1 Å². The van der Waals surface area contributed by atoms with E-state index in [1.54, 1.807) is 50.5 Å². The van der Waals surface area contributed by atoms with Gasteiger partial charge in [0.05, 0.1) is 11.6 Å². The topological polar surface area (TPSA) is 74.3 Å². The van der Waals surface area contributed by atoms with Gasteiger partial charge in [-0.25, -0.2) is 0 Å². The Morgan fingerprint density at radius 3 is 2.57 bits per heavy atom. The van der Waals surface area contributed by atoms with Crippen molar-refractivity contribution in [1.29, 1.82) is 0 Å². The second-order valence-corrected chi connectivity index (χ2v) is 7.52. The SMILES string of the molecule is COc1cc(/C=C/C(=O)c2ccc3c(c2)OCCO3)cc(Br)c1OCC(=O)N(C)C. The highest BCUT2D eigenvalue weighted by Crippen LogP contribution is 2.37. The molecule has 0 saturated heterocycles. The molecule has 0 atom stereocenters. The van der Waals surface area contributed by atoms with E-state index in [2.05, 4.69) is 15.9 Å². The van der Waals surface area contributed by atoms with E-state index < -0.39 is 0 Å². The molecule has 1 heterocycles. The lowest BCUT2D eigenvalue weighted by Crippen LogP contribution is -2.27. The molecule has 8 heteroatoms. The number of carbonyl (C=O) groups is 2. The first-order valence-electron chi connectivity index (χ1n) is 9.21. The molecule has 1 aliphatic heterocycles. The van der Waals surface area contributed by atoms with Gasteiger partial charge in [0.25, 0.3) is 5.91 Å². The van der Waals surface area contributed by atoms with Crippen LogP contribution in [0.25, 0.3) is 6.08 Å². The fourth-order valence-corrected chi connectivity index (χ4v) is 3.28. The van der Waals surface area contributed by atoms with Crippen molar-refractivity contribution in [3.8, 4) is 23.0 Å². The molecule has 2 aromatic carbocycles. The summed E-state index contributed by atoms with van der Waals surface area (Å²) in [5, 5.41) is 0. The number of ether oxygens (including phenoxy) is 4. The summed E-state index contributed by atoms with van der Waals surface area (Å²) < 4.78 is 22.6. The third kappa shape index (κ3) is 5.13. The van der Waals surface area contributed by atoms with Crippen LogP contribution in [0.3, 0.4) is 0 Å². The Labute approximate surface area is 183 Å². The monoisotopic (exact) mass is 475 g/mol. The van der Waals surface area contributed by atoms with E-state index in [0.29, 0.717) is 46.2 Å². The van der Waals surface area contributed by atoms with E-state index in [9.17, 15) is 9.59 Å². The molecular formula is C22H22BrNO6. The van der Waals surface area contributed by atoms with Crippen molar-refractivity contribution in [2.24, 2.45) is 0 Å². The molecule has 2 aromatic rings. The predicted octanol–water partition coefficient (Wildman–Crippen LogP) is 3.59. The number of rotatable bonds is 7. The van der Waals surface area contributed by atoms with Gasteiger partial charge in [-0.1, -0.05) is 6.08 Å². The molecule has 0 saturated carbocycles. The molecule has 0 fully saturated rings. The zero-order valence-corrected chi connectivity index (χ0v) is 18.5. The van der Waals surface area contributed by atoms with E-state index in [1.807, 2.05) is 0 Å². The largest absolute Gasteiger partial charge is 0.493 e. The number of allylic oxidation sites excluding steroid dienone is 1. The Bertz CT molecular complexity index is 986. The quantitative estimate of drug-likeness (QED) is 0.449. The fourth-order valence-electron chi connectivity index (χ4n) is 2.70. The van der Waals surface area contributed by atoms with Crippen LogP contribution in [0.2, 0.25) is 0 Å². The van der Waals surface area contributed by atoms with Crippen LogP contribution in [0.15, 0.2) is 40.9 Å². The summed E-state index contributed by atoms with van der Waals surface area (Å²) in [7, 11) is 4.82. The molecule has 1 amide bonds. The standard InChI is InChI=1S/C22H22BrNO6/c1-24(2)21(26)13-30-22-16(23)10-14(11-20(22)27-3)4-6-17(25)15-5-7-18-19(12-15)29-9-8-28-18/h4-7,10-12H,8-9,13H2,1-3H3/b6-4+. The van der Waals surface area contributed by atoms with Gasteiger partial charge >= 0.3 is 0 Å². The normalized spacial score (nSPS) is 12.5. The summed E-state index contributed by atoms with van der Waals surface area (Å²) in [4.78, 5) is 25.8. The van der Waals surface area contributed by atoms with Gasteiger partial charge in [-0.3, -0.25) is 9.59 Å². The van der Waals surface area contributed by atoms with E-state index >= 15 is 0 Å². The van der Waals surface area contributed by atoms with E-state index in [0.717, 1.165) is 5.56 Å². The maximum atomic E-state index is 12.6. The van der Waals surface area contributed by atoms with Crippen LogP contribution in [-0.4, -0.2) is 57.6 Å². The minimum atomic E-state index is -0.169. The number of nitrogens with zero attached hydrogens (tertiary/aromatic N) is 1. The smallest absolute Gasteiger partial charge is 0.259 e. The van der Waals surface area contributed by atoms with Crippen LogP contribution >= 0.6 is 15.9 Å². The molecule has 3 rings (SSSR count). The summed E-state index contributed by atoms with van der Waals surface area (Å²) in [6, 6.07) is 8.63. The maximum Gasteiger partial charge on any atom is 0.259 e. The first-order chi connectivity index (χ1) is 14.4. The number of ketones is 1. The molecule has 0 bridgehead atoms. The lowest BCUT2D eigenvalue weighted by molar-refractivity contribution is -0.130. The predicted molar refractivity (Wildman–Crippen MR) is 116 cm³/mol. The van der Waals surface area contributed by atoms with Crippen LogP contribution in [0.1, 0.15) is 15.9 Å². The Hall–Kier alpha value is -3.00. The van der Waals surface area contributed by atoms with Crippen LogP contribution in [0.5, 0.6) is 23.0 Å². The van der Waals surface area contributed by atoms with Crippen molar-refractivity contribution >= 4 is 33.7 Å². The summed E-state index contributed by atoms with van der Waals surface area (Å²) in [6.45, 7) is 0.850. The number of hydrogen-bond donors (Lipinski definition) is 0. The number of hydrogen-bond acceptors (Lipinski definition) is 6. The van der Waals surface area contributed by atoms with Crippen LogP contribution in [0, 0.1) is 0 Å². The molecular weight excluding hydrogens is 454 g/mol. The van der Waals surface area contributed by atoms with Gasteiger partial charge in [-0.05, 0) is 57.9 Å². The fraction of sp³-hybridized carbons (Fsp3) is 0.273. The van der Waals surface area contributed by atoms with Gasteiger partial charge in [0, 0.05) is 19.7 Å². The van der Waals surface area contributed by atoms with Crippen molar-refractivity contribution in [2.45, 2.75) is 0 Å². The Balaban J connectivity index is 1.76. The average Bonchev–Trinajstić information content (AvgIpc) is 2.75. The van der Waals surface area contributed by atoms with Crippen LogP contribution < -0.4 is 18.9 Å². The number of benzene rings is 2. The molecule has 0 spiro atoms.